The van der Waals surface area contributed by atoms with Crippen LogP contribution in [-0.4, -0.2) is 57.6 Å². The van der Waals surface area contributed by atoms with E-state index in [1.807, 2.05) is 18.2 Å². The molecule has 0 radical (unpaired) electrons. The third kappa shape index (κ3) is 4.18. The Labute approximate surface area is 125 Å². The highest BCUT2D eigenvalue weighted by Crippen LogP contribution is 2.16. The number of pyridine rings is 1. The number of carboxylic acids is 1. The number of likely N-dealkylation sites (N-methyl/N-ethyl adjacent to an activating group) is 2. The number of carbonyl (C=O) groups excluding carboxylic acids is 1. The van der Waals surface area contributed by atoms with Crippen LogP contribution < -0.4 is 0 Å². The third-order valence-electron chi connectivity index (χ3n) is 3.50. The summed E-state index contributed by atoms with van der Waals surface area (Å²) in [6.45, 7) is 5.66. The van der Waals surface area contributed by atoms with Crippen LogP contribution in [0.1, 0.15) is 26.5 Å². The molecule has 6 nitrogen and oxygen atoms in total. The molecule has 1 N–H and O–H groups in total. The van der Waals surface area contributed by atoms with Gasteiger partial charge in [0.1, 0.15) is 5.54 Å². The zero-order valence-corrected chi connectivity index (χ0v) is 13.0. The summed E-state index contributed by atoms with van der Waals surface area (Å²) >= 11 is 0. The number of hydrogen-bond donors (Lipinski definition) is 1. The largest absolute Gasteiger partial charge is 0.480 e. The van der Waals surface area contributed by atoms with Gasteiger partial charge in [0.25, 0.3) is 0 Å². The van der Waals surface area contributed by atoms with Gasteiger partial charge in [-0.15, -0.1) is 0 Å². The monoisotopic (exact) mass is 293 g/mol. The van der Waals surface area contributed by atoms with Crippen LogP contribution in [-0.2, 0) is 11.2 Å². The molecule has 0 aliphatic heterocycles. The van der Waals surface area contributed by atoms with E-state index in [4.69, 9.17) is 0 Å². The second-order valence-electron chi connectivity index (χ2n) is 5.38. The lowest BCUT2D eigenvalue weighted by Crippen LogP contribution is -2.56. The summed E-state index contributed by atoms with van der Waals surface area (Å²) in [7, 11) is 1.67. The maximum Gasteiger partial charge on any atom is 0.329 e. The van der Waals surface area contributed by atoms with Crippen molar-refractivity contribution in [1.29, 1.82) is 0 Å². The van der Waals surface area contributed by atoms with E-state index >= 15 is 0 Å². The van der Waals surface area contributed by atoms with Gasteiger partial charge in [0.05, 0.1) is 0 Å². The first-order valence-electron chi connectivity index (χ1n) is 6.96. The first-order valence-corrected chi connectivity index (χ1v) is 6.96. The van der Waals surface area contributed by atoms with E-state index in [1.165, 1.54) is 23.6 Å². The lowest BCUT2D eigenvalue weighted by Gasteiger charge is -2.36. The number of urea groups is 1. The molecule has 6 heteroatoms. The SMILES string of the molecule is CCN(C(=O)N(C)CCc1ccccn1)C(C)(C)C(=O)O. The molecule has 0 fully saturated rings. The number of carbonyl (C=O) groups is 2. The zero-order valence-electron chi connectivity index (χ0n) is 13.0. The van der Waals surface area contributed by atoms with E-state index in [2.05, 4.69) is 4.98 Å². The fraction of sp³-hybridized carbons (Fsp3) is 0.533. The van der Waals surface area contributed by atoms with Crippen molar-refractivity contribution in [1.82, 2.24) is 14.8 Å². The van der Waals surface area contributed by atoms with Gasteiger partial charge >= 0.3 is 12.0 Å². The average Bonchev–Trinajstić information content (AvgIpc) is 2.46. The summed E-state index contributed by atoms with van der Waals surface area (Å²) in [5.41, 5.74) is -0.330. The Morgan fingerprint density at radius 1 is 1.33 bits per heavy atom. The lowest BCUT2D eigenvalue weighted by atomic mass is 10.0. The van der Waals surface area contributed by atoms with Crippen LogP contribution in [0, 0.1) is 0 Å². The molecule has 1 aromatic rings. The highest BCUT2D eigenvalue weighted by molar-refractivity contribution is 5.85. The standard InChI is InChI=1S/C15H23N3O3/c1-5-18(15(2,3)13(19)20)14(21)17(4)11-9-12-8-6-7-10-16-12/h6-8,10H,5,9,11H2,1-4H3,(H,19,20). The van der Waals surface area contributed by atoms with Crippen molar-refractivity contribution in [2.45, 2.75) is 32.7 Å². The van der Waals surface area contributed by atoms with Gasteiger partial charge < -0.3 is 14.9 Å². The molecule has 0 aliphatic carbocycles. The van der Waals surface area contributed by atoms with E-state index in [1.54, 1.807) is 20.2 Å². The molecule has 21 heavy (non-hydrogen) atoms. The van der Waals surface area contributed by atoms with Crippen molar-refractivity contribution in [3.63, 3.8) is 0 Å². The minimum atomic E-state index is -1.23. The van der Waals surface area contributed by atoms with Gasteiger partial charge in [-0.3, -0.25) is 4.98 Å². The minimum absolute atomic E-state index is 0.291. The second-order valence-corrected chi connectivity index (χ2v) is 5.38. The summed E-state index contributed by atoms with van der Waals surface area (Å²) < 4.78 is 0. The van der Waals surface area contributed by atoms with Crippen LogP contribution in [0.5, 0.6) is 0 Å². The minimum Gasteiger partial charge on any atom is -0.480 e. The fourth-order valence-corrected chi connectivity index (χ4v) is 2.02. The van der Waals surface area contributed by atoms with Gasteiger partial charge in [0.2, 0.25) is 0 Å². The third-order valence-corrected chi connectivity index (χ3v) is 3.50. The normalized spacial score (nSPS) is 11.0. The predicted octanol–water partition coefficient (Wildman–Crippen LogP) is 1.86. The van der Waals surface area contributed by atoms with E-state index in [-0.39, 0.29) is 6.03 Å². The molecule has 0 atom stereocenters. The Morgan fingerprint density at radius 3 is 2.48 bits per heavy atom. The molecule has 1 aromatic heterocycles. The van der Waals surface area contributed by atoms with Gasteiger partial charge in [0, 0.05) is 38.4 Å². The molecule has 0 bridgehead atoms. The Kier molecular flexibility index (Phi) is 5.69. The number of nitrogens with zero attached hydrogens (tertiary/aromatic N) is 3. The van der Waals surface area contributed by atoms with Crippen LogP contribution >= 0.6 is 0 Å². The van der Waals surface area contributed by atoms with E-state index in [0.717, 1.165) is 5.69 Å². The Hall–Kier alpha value is -2.11. The molecule has 0 aliphatic rings. The second kappa shape index (κ2) is 7.06. The van der Waals surface area contributed by atoms with Gasteiger partial charge in [-0.2, -0.15) is 0 Å². The van der Waals surface area contributed by atoms with Crippen LogP contribution in [0.3, 0.4) is 0 Å². The van der Waals surface area contributed by atoms with E-state index < -0.39 is 11.5 Å². The Balaban J connectivity index is 2.70. The molecule has 116 valence electrons. The molecular formula is C15H23N3O3. The molecule has 0 spiro atoms. The maximum atomic E-state index is 12.4. The van der Waals surface area contributed by atoms with Crippen molar-refractivity contribution in [3.05, 3.63) is 30.1 Å². The first-order chi connectivity index (χ1) is 9.80. The first kappa shape index (κ1) is 16.9. The highest BCUT2D eigenvalue weighted by atomic mass is 16.4. The molecular weight excluding hydrogens is 270 g/mol. The zero-order chi connectivity index (χ0) is 16.0. The summed E-state index contributed by atoms with van der Waals surface area (Å²) in [4.78, 5) is 30.8. The van der Waals surface area contributed by atoms with Crippen LogP contribution in [0.4, 0.5) is 4.79 Å². The molecule has 0 saturated carbocycles. The van der Waals surface area contributed by atoms with Crippen molar-refractivity contribution in [2.24, 2.45) is 0 Å². The summed E-state index contributed by atoms with van der Waals surface area (Å²) in [5.74, 6) is -1.02. The molecule has 0 aromatic carbocycles. The van der Waals surface area contributed by atoms with Crippen LogP contribution in [0.2, 0.25) is 0 Å². The smallest absolute Gasteiger partial charge is 0.329 e. The number of rotatable bonds is 6. The molecule has 2 amide bonds. The quantitative estimate of drug-likeness (QED) is 0.869. The molecule has 0 unspecified atom stereocenters. The number of amides is 2. The summed E-state index contributed by atoms with van der Waals surface area (Å²) in [5, 5.41) is 9.26. The van der Waals surface area contributed by atoms with Gasteiger partial charge in [0.15, 0.2) is 0 Å². The van der Waals surface area contributed by atoms with Crippen molar-refractivity contribution >= 4 is 12.0 Å². The number of aliphatic carboxylic acids is 1. The van der Waals surface area contributed by atoms with E-state index in [0.29, 0.717) is 19.5 Å². The Morgan fingerprint density at radius 2 is 2.00 bits per heavy atom. The van der Waals surface area contributed by atoms with Gasteiger partial charge in [-0.05, 0) is 32.9 Å². The van der Waals surface area contributed by atoms with Crippen LogP contribution in [0.25, 0.3) is 0 Å². The lowest BCUT2D eigenvalue weighted by molar-refractivity contribution is -0.147. The van der Waals surface area contributed by atoms with Crippen molar-refractivity contribution in [2.75, 3.05) is 20.1 Å². The van der Waals surface area contributed by atoms with Crippen molar-refractivity contribution < 1.29 is 14.7 Å². The summed E-state index contributed by atoms with van der Waals surface area (Å²) in [6.07, 6.45) is 2.34. The summed E-state index contributed by atoms with van der Waals surface area (Å²) in [6, 6.07) is 5.35. The molecule has 1 rings (SSSR count). The number of aromatic nitrogens is 1. The van der Waals surface area contributed by atoms with Gasteiger partial charge in [-0.1, -0.05) is 6.07 Å². The molecule has 0 saturated heterocycles. The van der Waals surface area contributed by atoms with Crippen molar-refractivity contribution in [3.8, 4) is 0 Å². The predicted molar refractivity (Wildman–Crippen MR) is 80.1 cm³/mol. The average molecular weight is 293 g/mol. The topological polar surface area (TPSA) is 73.7 Å². The van der Waals surface area contributed by atoms with Crippen LogP contribution in [0.15, 0.2) is 24.4 Å². The molecule has 1 heterocycles. The fourth-order valence-electron chi connectivity index (χ4n) is 2.02. The number of hydrogen-bond acceptors (Lipinski definition) is 3. The number of carboxylic acid groups (broad SMARTS) is 1. The van der Waals surface area contributed by atoms with E-state index in [9.17, 15) is 14.7 Å². The Bertz CT molecular complexity index is 488. The highest BCUT2D eigenvalue weighted by Gasteiger charge is 2.38. The van der Waals surface area contributed by atoms with Gasteiger partial charge in [-0.25, -0.2) is 9.59 Å². The maximum absolute atomic E-state index is 12.4.